The minimum absolute atomic E-state index is 0.150. The van der Waals surface area contributed by atoms with Gasteiger partial charge in [-0.15, -0.1) is 4.28 Å². The van der Waals surface area contributed by atoms with Crippen LogP contribution in [-0.4, -0.2) is 85.8 Å². The molecule has 3 aliphatic rings. The summed E-state index contributed by atoms with van der Waals surface area (Å²) in [6.07, 6.45) is 1.35. The fourth-order valence-electron chi connectivity index (χ4n) is 3.63. The van der Waals surface area contributed by atoms with Crippen LogP contribution >= 0.6 is 0 Å². The van der Waals surface area contributed by atoms with Gasteiger partial charge in [0.05, 0.1) is 18.2 Å². The van der Waals surface area contributed by atoms with Gasteiger partial charge in [0.2, 0.25) is 5.91 Å². The van der Waals surface area contributed by atoms with E-state index >= 15 is 0 Å². The average Bonchev–Trinajstić information content (AvgIpc) is 2.79. The molecule has 12 heteroatoms. The molecule has 2 bridgehead atoms. The molecule has 25 heavy (non-hydrogen) atoms. The third kappa shape index (κ3) is 3.87. The number of carbonyl (C=O) groups excluding carboxylic acids is 2. The van der Waals surface area contributed by atoms with Crippen LogP contribution < -0.4 is 10.6 Å². The summed E-state index contributed by atoms with van der Waals surface area (Å²) in [7, 11) is -3.22. The highest BCUT2D eigenvalue weighted by atomic mass is 32.3. The maximum atomic E-state index is 12.6. The van der Waals surface area contributed by atoms with Crippen LogP contribution in [0.1, 0.15) is 19.3 Å². The molecule has 3 amide bonds. The Kier molecular flexibility index (Phi) is 5.16. The van der Waals surface area contributed by atoms with Crippen LogP contribution in [0.4, 0.5) is 4.79 Å². The molecule has 0 aromatic heterocycles. The molecule has 3 heterocycles. The SMILES string of the molecule is CO[C@H]1CNCC[C@H]1NC(=O)[C@@H]1CC[C@H]2CN1C(=O)N2OS(=O)(=O)O. The number of piperidine rings is 2. The number of hydrogen-bond donors (Lipinski definition) is 3. The van der Waals surface area contributed by atoms with Crippen molar-refractivity contribution in [1.82, 2.24) is 20.6 Å². The van der Waals surface area contributed by atoms with E-state index in [9.17, 15) is 18.0 Å². The van der Waals surface area contributed by atoms with Gasteiger partial charge < -0.3 is 20.3 Å². The van der Waals surface area contributed by atoms with E-state index in [4.69, 9.17) is 9.29 Å². The van der Waals surface area contributed by atoms with Gasteiger partial charge >= 0.3 is 16.4 Å². The molecular formula is C13H22N4O7S. The van der Waals surface area contributed by atoms with E-state index in [1.54, 1.807) is 7.11 Å². The Balaban J connectivity index is 1.66. The lowest BCUT2D eigenvalue weighted by Gasteiger charge is -2.35. The fraction of sp³-hybridized carbons (Fsp3) is 0.846. The van der Waals surface area contributed by atoms with Crippen molar-refractivity contribution in [2.45, 2.75) is 43.5 Å². The molecular weight excluding hydrogens is 356 g/mol. The second kappa shape index (κ2) is 7.03. The summed E-state index contributed by atoms with van der Waals surface area (Å²) >= 11 is 0. The summed E-state index contributed by atoms with van der Waals surface area (Å²) in [6.45, 7) is 1.56. The number of fused-ring (bicyclic) bond motifs is 2. The van der Waals surface area contributed by atoms with Crippen molar-refractivity contribution in [3.05, 3.63) is 0 Å². The number of carbonyl (C=O) groups is 2. The van der Waals surface area contributed by atoms with Gasteiger partial charge in [0, 0.05) is 20.2 Å². The van der Waals surface area contributed by atoms with Crippen LogP contribution in [-0.2, 0) is 24.2 Å². The molecule has 0 aliphatic carbocycles. The smallest absolute Gasteiger partial charge is 0.378 e. The second-order valence-corrected chi connectivity index (χ2v) is 7.40. The van der Waals surface area contributed by atoms with Gasteiger partial charge in [-0.2, -0.15) is 13.5 Å². The van der Waals surface area contributed by atoms with Crippen molar-refractivity contribution in [1.29, 1.82) is 0 Å². The predicted octanol–water partition coefficient (Wildman–Crippen LogP) is -1.52. The summed E-state index contributed by atoms with van der Waals surface area (Å²) in [5.41, 5.74) is 0. The number of methoxy groups -OCH3 is 1. The Labute approximate surface area is 145 Å². The molecule has 3 fully saturated rings. The number of rotatable bonds is 5. The Bertz CT molecular complexity index is 642. The average molecular weight is 378 g/mol. The third-order valence-corrected chi connectivity index (χ3v) is 5.21. The van der Waals surface area contributed by atoms with Crippen LogP contribution in [0.5, 0.6) is 0 Å². The monoisotopic (exact) mass is 378 g/mol. The molecule has 0 aromatic carbocycles. The van der Waals surface area contributed by atoms with Crippen molar-refractivity contribution < 1.29 is 31.6 Å². The minimum atomic E-state index is -4.80. The molecule has 3 saturated heterocycles. The Morgan fingerprint density at radius 3 is 2.80 bits per heavy atom. The van der Waals surface area contributed by atoms with Crippen molar-refractivity contribution in [2.75, 3.05) is 26.7 Å². The first-order chi connectivity index (χ1) is 11.8. The molecule has 142 valence electrons. The second-order valence-electron chi connectivity index (χ2n) is 6.39. The van der Waals surface area contributed by atoms with Crippen molar-refractivity contribution in [2.24, 2.45) is 0 Å². The number of hydroxylamine groups is 2. The molecule has 3 N–H and O–H groups in total. The molecule has 0 aromatic rings. The van der Waals surface area contributed by atoms with E-state index in [-0.39, 0.29) is 24.6 Å². The van der Waals surface area contributed by atoms with Crippen LogP contribution in [0.15, 0.2) is 0 Å². The van der Waals surface area contributed by atoms with Gasteiger partial charge in [0.15, 0.2) is 0 Å². The standard InChI is InChI=1S/C13H22N4O7S/c1-23-11-6-14-5-4-9(11)15-12(18)10-3-2-8-7-16(10)13(19)17(8)24-25(20,21)22/h8-11,14H,2-7H2,1H3,(H,15,18)(H,20,21,22)/t8-,9+,10-,11-/m0/s1. The van der Waals surface area contributed by atoms with Gasteiger partial charge in [-0.3, -0.25) is 9.35 Å². The van der Waals surface area contributed by atoms with Gasteiger partial charge in [0.25, 0.3) is 0 Å². The maximum Gasteiger partial charge on any atom is 0.418 e. The highest BCUT2D eigenvalue weighted by molar-refractivity contribution is 7.80. The molecule has 11 nitrogen and oxygen atoms in total. The number of amides is 3. The van der Waals surface area contributed by atoms with Crippen LogP contribution in [0.3, 0.4) is 0 Å². The highest BCUT2D eigenvalue weighted by Crippen LogP contribution is 2.30. The predicted molar refractivity (Wildman–Crippen MR) is 83.6 cm³/mol. The van der Waals surface area contributed by atoms with E-state index in [2.05, 4.69) is 14.9 Å². The molecule has 3 rings (SSSR count). The summed E-state index contributed by atoms with van der Waals surface area (Å²) in [5.74, 6) is -0.297. The molecule has 0 spiro atoms. The fourth-order valence-corrected chi connectivity index (χ4v) is 4.01. The van der Waals surface area contributed by atoms with E-state index in [1.807, 2.05) is 0 Å². The van der Waals surface area contributed by atoms with Gasteiger partial charge in [-0.05, 0) is 25.8 Å². The zero-order valence-corrected chi connectivity index (χ0v) is 14.6. The van der Waals surface area contributed by atoms with Crippen LogP contribution in [0.25, 0.3) is 0 Å². The number of hydrogen-bond acceptors (Lipinski definition) is 7. The Hall–Kier alpha value is -1.47. The first kappa shape index (κ1) is 18.3. The zero-order valence-electron chi connectivity index (χ0n) is 13.8. The summed E-state index contributed by atoms with van der Waals surface area (Å²) in [4.78, 5) is 26.2. The zero-order chi connectivity index (χ0) is 18.2. The summed E-state index contributed by atoms with van der Waals surface area (Å²) in [6, 6.07) is -2.11. The largest absolute Gasteiger partial charge is 0.418 e. The lowest BCUT2D eigenvalue weighted by Crippen LogP contribution is -2.58. The van der Waals surface area contributed by atoms with Crippen molar-refractivity contribution in [3.63, 3.8) is 0 Å². The molecule has 3 aliphatic heterocycles. The minimum Gasteiger partial charge on any atom is -0.378 e. The quantitative estimate of drug-likeness (QED) is 0.491. The lowest BCUT2D eigenvalue weighted by atomic mass is 9.98. The Morgan fingerprint density at radius 1 is 1.36 bits per heavy atom. The van der Waals surface area contributed by atoms with Crippen LogP contribution in [0.2, 0.25) is 0 Å². The summed E-state index contributed by atoms with van der Waals surface area (Å²) in [5, 5.41) is 6.75. The van der Waals surface area contributed by atoms with Crippen LogP contribution in [0, 0.1) is 0 Å². The van der Waals surface area contributed by atoms with E-state index in [0.717, 1.165) is 6.54 Å². The van der Waals surface area contributed by atoms with Gasteiger partial charge in [-0.25, -0.2) is 4.79 Å². The van der Waals surface area contributed by atoms with E-state index < -0.39 is 28.5 Å². The maximum absolute atomic E-state index is 12.6. The van der Waals surface area contributed by atoms with E-state index in [0.29, 0.717) is 30.9 Å². The lowest BCUT2D eigenvalue weighted by molar-refractivity contribution is -0.128. The number of ether oxygens (including phenoxy) is 1. The Morgan fingerprint density at radius 2 is 2.12 bits per heavy atom. The van der Waals surface area contributed by atoms with E-state index in [1.165, 1.54) is 4.90 Å². The molecule has 4 atom stereocenters. The molecule has 0 saturated carbocycles. The topological polar surface area (TPSA) is 138 Å². The van der Waals surface area contributed by atoms with Crippen molar-refractivity contribution in [3.8, 4) is 0 Å². The number of urea groups is 1. The summed E-state index contributed by atoms with van der Waals surface area (Å²) < 4.78 is 40.3. The first-order valence-corrected chi connectivity index (χ1v) is 9.47. The highest BCUT2D eigenvalue weighted by Gasteiger charge is 2.49. The third-order valence-electron chi connectivity index (χ3n) is 4.86. The number of nitrogens with one attached hydrogen (secondary N) is 2. The van der Waals surface area contributed by atoms with Crippen molar-refractivity contribution >= 4 is 22.3 Å². The number of nitrogens with zero attached hydrogens (tertiary/aromatic N) is 2. The molecule has 0 unspecified atom stereocenters. The first-order valence-electron chi connectivity index (χ1n) is 8.11. The van der Waals surface area contributed by atoms with Gasteiger partial charge in [-0.1, -0.05) is 0 Å². The normalized spacial score (nSPS) is 32.8. The van der Waals surface area contributed by atoms with Gasteiger partial charge in [0.1, 0.15) is 6.04 Å². The molecule has 0 radical (unpaired) electrons.